The monoisotopic (exact) mass is 568 g/mol. The second kappa shape index (κ2) is 22.5. The standard InChI is InChI=1S/C30H56N4O6/c1-32-26(30(39)40)16-13-14-22-33-27(35)21-20-25(29(31)38)34-24(23-18-19-23)15-11-9-7-5-3-2-4-6-8-10-12-17-28(36)37/h23-26,32,34H,2-22H2,1H3,(H2,31,38)(H,33,35)(H,36,37)(H,39,40)/t24?,25-,26?/m0/s1. The summed E-state index contributed by atoms with van der Waals surface area (Å²) >= 11 is 0. The van der Waals surface area contributed by atoms with Crippen molar-refractivity contribution in [3.63, 3.8) is 0 Å². The topological polar surface area (TPSA) is 171 Å². The number of nitrogens with two attached hydrogens (primary N) is 1. The maximum atomic E-state index is 12.3. The molecule has 1 saturated carbocycles. The highest BCUT2D eigenvalue weighted by Gasteiger charge is 2.33. The molecule has 3 atom stereocenters. The van der Waals surface area contributed by atoms with Crippen LogP contribution in [0.25, 0.3) is 0 Å². The third-order valence-corrected chi connectivity index (χ3v) is 7.90. The molecule has 232 valence electrons. The van der Waals surface area contributed by atoms with Gasteiger partial charge in [0.1, 0.15) is 6.04 Å². The molecular formula is C30H56N4O6. The zero-order valence-corrected chi connectivity index (χ0v) is 24.8. The van der Waals surface area contributed by atoms with Crippen LogP contribution in [0.2, 0.25) is 0 Å². The molecule has 0 heterocycles. The van der Waals surface area contributed by atoms with E-state index in [0.717, 1.165) is 32.1 Å². The average Bonchev–Trinajstić information content (AvgIpc) is 3.75. The number of rotatable bonds is 28. The summed E-state index contributed by atoms with van der Waals surface area (Å²) in [7, 11) is 1.62. The van der Waals surface area contributed by atoms with Crippen molar-refractivity contribution in [2.75, 3.05) is 13.6 Å². The molecule has 0 aliphatic heterocycles. The Morgan fingerprint density at radius 3 is 1.77 bits per heavy atom. The Bertz CT molecular complexity index is 731. The predicted molar refractivity (Wildman–Crippen MR) is 157 cm³/mol. The molecule has 40 heavy (non-hydrogen) atoms. The normalized spacial score (nSPS) is 15.3. The number of nitrogens with one attached hydrogen (secondary N) is 3. The Balaban J connectivity index is 2.15. The van der Waals surface area contributed by atoms with Crippen molar-refractivity contribution >= 4 is 23.8 Å². The van der Waals surface area contributed by atoms with E-state index in [1.54, 1.807) is 7.05 Å². The van der Waals surface area contributed by atoms with Gasteiger partial charge in [-0.05, 0) is 64.3 Å². The molecule has 2 unspecified atom stereocenters. The first-order valence-electron chi connectivity index (χ1n) is 15.7. The van der Waals surface area contributed by atoms with Gasteiger partial charge in [0.05, 0.1) is 6.04 Å². The molecule has 0 radical (unpaired) electrons. The first kappa shape index (κ1) is 35.8. The summed E-state index contributed by atoms with van der Waals surface area (Å²) in [6.45, 7) is 0.489. The van der Waals surface area contributed by atoms with Gasteiger partial charge in [-0.15, -0.1) is 0 Å². The van der Waals surface area contributed by atoms with Gasteiger partial charge in [0, 0.05) is 25.4 Å². The minimum Gasteiger partial charge on any atom is -0.481 e. The molecule has 0 bridgehead atoms. The molecule has 0 aromatic heterocycles. The molecular weight excluding hydrogens is 512 g/mol. The van der Waals surface area contributed by atoms with E-state index in [2.05, 4.69) is 16.0 Å². The van der Waals surface area contributed by atoms with Gasteiger partial charge in [-0.3, -0.25) is 19.2 Å². The zero-order valence-electron chi connectivity index (χ0n) is 24.8. The number of amides is 2. The molecule has 10 heteroatoms. The highest BCUT2D eigenvalue weighted by atomic mass is 16.4. The van der Waals surface area contributed by atoms with Crippen molar-refractivity contribution in [1.82, 2.24) is 16.0 Å². The van der Waals surface area contributed by atoms with E-state index in [4.69, 9.17) is 15.9 Å². The summed E-state index contributed by atoms with van der Waals surface area (Å²) in [5.41, 5.74) is 5.67. The Morgan fingerprint density at radius 2 is 1.27 bits per heavy atom. The van der Waals surface area contributed by atoms with Crippen LogP contribution in [0.5, 0.6) is 0 Å². The third kappa shape index (κ3) is 19.0. The third-order valence-electron chi connectivity index (χ3n) is 7.90. The molecule has 1 aliphatic carbocycles. The lowest BCUT2D eigenvalue weighted by Gasteiger charge is -2.24. The maximum absolute atomic E-state index is 12.3. The number of aliphatic carboxylic acids is 2. The number of primary amides is 1. The van der Waals surface area contributed by atoms with E-state index in [1.165, 1.54) is 57.8 Å². The first-order chi connectivity index (χ1) is 19.2. The van der Waals surface area contributed by atoms with Crippen LogP contribution in [-0.2, 0) is 19.2 Å². The number of hydrogen-bond acceptors (Lipinski definition) is 6. The van der Waals surface area contributed by atoms with Crippen LogP contribution in [0.3, 0.4) is 0 Å². The Kier molecular flexibility index (Phi) is 20.1. The lowest BCUT2D eigenvalue weighted by Crippen LogP contribution is -2.47. The van der Waals surface area contributed by atoms with Crippen LogP contribution < -0.4 is 21.7 Å². The van der Waals surface area contributed by atoms with E-state index >= 15 is 0 Å². The fraction of sp³-hybridized carbons (Fsp3) is 0.867. The van der Waals surface area contributed by atoms with Crippen molar-refractivity contribution in [3.05, 3.63) is 0 Å². The first-order valence-corrected chi connectivity index (χ1v) is 15.7. The average molecular weight is 569 g/mol. The molecule has 10 nitrogen and oxygen atoms in total. The van der Waals surface area contributed by atoms with Gasteiger partial charge in [-0.2, -0.15) is 0 Å². The molecule has 0 saturated heterocycles. The van der Waals surface area contributed by atoms with Gasteiger partial charge in [0.25, 0.3) is 0 Å². The Labute approximate surface area is 241 Å². The molecule has 0 aromatic carbocycles. The highest BCUT2D eigenvalue weighted by molar-refractivity contribution is 5.81. The largest absolute Gasteiger partial charge is 0.481 e. The predicted octanol–water partition coefficient (Wildman–Crippen LogP) is 4.10. The summed E-state index contributed by atoms with van der Waals surface area (Å²) in [4.78, 5) is 45.9. The van der Waals surface area contributed by atoms with Gasteiger partial charge in [-0.1, -0.05) is 64.2 Å². The molecule has 2 amide bonds. The second-order valence-electron chi connectivity index (χ2n) is 11.5. The molecule has 1 aliphatic rings. The SMILES string of the molecule is CNC(CCCCNC(=O)CC[C@H](NC(CCCCCCCCCCCCCC(=O)O)C1CC1)C(N)=O)C(=O)O. The van der Waals surface area contributed by atoms with Crippen LogP contribution >= 0.6 is 0 Å². The smallest absolute Gasteiger partial charge is 0.320 e. The van der Waals surface area contributed by atoms with Gasteiger partial charge < -0.3 is 31.9 Å². The van der Waals surface area contributed by atoms with Crippen LogP contribution in [0.15, 0.2) is 0 Å². The van der Waals surface area contributed by atoms with Crippen molar-refractivity contribution in [2.24, 2.45) is 11.7 Å². The second-order valence-corrected chi connectivity index (χ2v) is 11.5. The van der Waals surface area contributed by atoms with Crippen molar-refractivity contribution in [2.45, 2.75) is 147 Å². The molecule has 0 aromatic rings. The number of carbonyl (C=O) groups is 4. The molecule has 7 N–H and O–H groups in total. The number of carboxylic acids is 2. The quantitative estimate of drug-likeness (QED) is 0.0766. The minimum absolute atomic E-state index is 0.113. The number of hydrogen-bond donors (Lipinski definition) is 6. The van der Waals surface area contributed by atoms with Gasteiger partial charge >= 0.3 is 11.9 Å². The fourth-order valence-electron chi connectivity index (χ4n) is 5.21. The van der Waals surface area contributed by atoms with E-state index in [1.807, 2.05) is 0 Å². The van der Waals surface area contributed by atoms with Gasteiger partial charge in [0.2, 0.25) is 11.8 Å². The van der Waals surface area contributed by atoms with Crippen molar-refractivity contribution in [1.29, 1.82) is 0 Å². The summed E-state index contributed by atoms with van der Waals surface area (Å²) < 4.78 is 0. The lowest BCUT2D eigenvalue weighted by molar-refractivity contribution is -0.139. The summed E-state index contributed by atoms with van der Waals surface area (Å²) in [6.07, 6.45) is 18.8. The minimum atomic E-state index is -0.869. The summed E-state index contributed by atoms with van der Waals surface area (Å²) in [5.74, 6) is -1.49. The fourth-order valence-corrected chi connectivity index (χ4v) is 5.21. The number of likely N-dealkylation sites (N-methyl/N-ethyl adjacent to an activating group) is 1. The molecule has 1 fully saturated rings. The van der Waals surface area contributed by atoms with Crippen LogP contribution in [0.4, 0.5) is 0 Å². The van der Waals surface area contributed by atoms with E-state index in [9.17, 15) is 19.2 Å². The molecule has 0 spiro atoms. The maximum Gasteiger partial charge on any atom is 0.320 e. The lowest BCUT2D eigenvalue weighted by atomic mass is 10.00. The van der Waals surface area contributed by atoms with E-state index < -0.39 is 29.9 Å². The van der Waals surface area contributed by atoms with Gasteiger partial charge in [-0.25, -0.2) is 0 Å². The van der Waals surface area contributed by atoms with Crippen LogP contribution in [-0.4, -0.2) is 65.7 Å². The summed E-state index contributed by atoms with van der Waals surface area (Å²) in [5, 5.41) is 26.8. The Hall–Kier alpha value is -2.20. The zero-order chi connectivity index (χ0) is 29.6. The number of carboxylic acid groups (broad SMARTS) is 2. The van der Waals surface area contributed by atoms with Gasteiger partial charge in [0.15, 0.2) is 0 Å². The van der Waals surface area contributed by atoms with E-state index in [-0.39, 0.29) is 24.8 Å². The van der Waals surface area contributed by atoms with Crippen molar-refractivity contribution in [3.8, 4) is 0 Å². The highest BCUT2D eigenvalue weighted by Crippen LogP contribution is 2.35. The number of unbranched alkanes of at least 4 members (excludes halogenated alkanes) is 11. The van der Waals surface area contributed by atoms with Crippen LogP contribution in [0, 0.1) is 5.92 Å². The summed E-state index contributed by atoms with van der Waals surface area (Å²) in [6, 6.07) is -0.800. The number of carbonyl (C=O) groups excluding carboxylic acids is 2. The Morgan fingerprint density at radius 1 is 0.725 bits per heavy atom. The van der Waals surface area contributed by atoms with E-state index in [0.29, 0.717) is 38.1 Å². The van der Waals surface area contributed by atoms with Crippen molar-refractivity contribution < 1.29 is 29.4 Å². The van der Waals surface area contributed by atoms with Crippen LogP contribution in [0.1, 0.15) is 128 Å². The molecule has 1 rings (SSSR count).